The molecule has 384 valence electrons. The van der Waals surface area contributed by atoms with E-state index in [1.54, 1.807) is 61.2 Å². The number of nitrogen functional groups attached to an aromatic ring is 2. The van der Waals surface area contributed by atoms with Gasteiger partial charge in [-0.2, -0.15) is 30.1 Å². The number of methoxy groups -OCH3 is 4. The highest BCUT2D eigenvalue weighted by atomic mass is 35.5. The summed E-state index contributed by atoms with van der Waals surface area (Å²) in [5, 5.41) is 6.25. The Morgan fingerprint density at radius 3 is 1.36 bits per heavy atom. The van der Waals surface area contributed by atoms with Crippen LogP contribution in [0.15, 0.2) is 85.5 Å². The number of benzene rings is 2. The Kier molecular flexibility index (Phi) is 17.4. The first kappa shape index (κ1) is 53.4. The van der Waals surface area contributed by atoms with Gasteiger partial charge >= 0.3 is 27.4 Å². The van der Waals surface area contributed by atoms with E-state index >= 15 is 0 Å². The van der Waals surface area contributed by atoms with Crippen LogP contribution in [0.25, 0.3) is 22.3 Å². The van der Waals surface area contributed by atoms with E-state index in [2.05, 4.69) is 40.1 Å². The summed E-state index contributed by atoms with van der Waals surface area (Å²) in [4.78, 5) is 49.3. The zero-order valence-corrected chi connectivity index (χ0v) is 43.0. The summed E-state index contributed by atoms with van der Waals surface area (Å²) in [7, 11) is -2.48. The summed E-state index contributed by atoms with van der Waals surface area (Å²) in [6, 6.07) is 10.5. The fraction of sp³-hybridized carbons (Fsp3) is 0.364. The monoisotopic (exact) mass is 1070 g/mol. The summed E-state index contributed by atoms with van der Waals surface area (Å²) in [5.41, 5.74) is 13.7. The lowest BCUT2D eigenvalue weighted by Crippen LogP contribution is -2.34. The Balaban J connectivity index is 0.000000211. The van der Waals surface area contributed by atoms with E-state index in [1.807, 2.05) is 33.4 Å². The Hall–Kier alpha value is -6.36. The van der Waals surface area contributed by atoms with Gasteiger partial charge in [-0.1, -0.05) is 47.5 Å². The Labute approximate surface area is 422 Å². The molecule has 0 bridgehead atoms. The maximum Gasteiger partial charge on any atom is 0.459 e. The summed E-state index contributed by atoms with van der Waals surface area (Å²) >= 11 is 11.8. The molecule has 4 heterocycles. The normalized spacial score (nSPS) is 19.7. The Morgan fingerprint density at radius 2 is 1.01 bits per heavy atom. The summed E-state index contributed by atoms with van der Waals surface area (Å²) in [5.74, 6) is -0.147. The van der Waals surface area contributed by atoms with Crippen molar-refractivity contribution in [1.82, 2.24) is 49.2 Å². The third-order valence-electron chi connectivity index (χ3n) is 11.0. The van der Waals surface area contributed by atoms with Gasteiger partial charge in [0.15, 0.2) is 22.3 Å². The van der Waals surface area contributed by atoms with Crippen LogP contribution in [0.4, 0.5) is 11.9 Å². The minimum Gasteiger partial charge on any atom is -0.479 e. The highest BCUT2D eigenvalue weighted by Crippen LogP contribution is 2.48. The van der Waals surface area contributed by atoms with Crippen molar-refractivity contribution in [3.8, 4) is 23.3 Å². The number of nitrogens with two attached hydrogens (primary N) is 2. The average molecular weight is 1070 g/mol. The molecule has 24 nitrogen and oxygen atoms in total. The number of nitrogens with one attached hydrogen (secondary N) is 2. The predicted molar refractivity (Wildman–Crippen MR) is 266 cm³/mol. The second kappa shape index (κ2) is 23.5. The zero-order chi connectivity index (χ0) is 51.7. The van der Waals surface area contributed by atoms with E-state index in [9.17, 15) is 18.7 Å². The third kappa shape index (κ3) is 13.2. The molecule has 6 aromatic rings. The summed E-state index contributed by atoms with van der Waals surface area (Å²) in [6.07, 6.45) is 12.4. The fourth-order valence-corrected chi connectivity index (χ4v) is 10.9. The molecule has 8 atom stereocenters. The van der Waals surface area contributed by atoms with Crippen molar-refractivity contribution < 1.29 is 55.8 Å². The number of aromatic nitrogens is 8. The van der Waals surface area contributed by atoms with Gasteiger partial charge in [0.1, 0.15) is 23.6 Å². The number of carbonyl (C=O) groups excluding carboxylic acids is 2. The number of carbonyl (C=O) groups is 2. The van der Waals surface area contributed by atoms with Gasteiger partial charge in [-0.3, -0.25) is 18.6 Å². The van der Waals surface area contributed by atoms with Gasteiger partial charge in [0.2, 0.25) is 23.7 Å². The number of hydrogen-bond acceptors (Lipinski definition) is 20. The van der Waals surface area contributed by atoms with Crippen LogP contribution in [0.5, 0.6) is 23.3 Å². The predicted octanol–water partition coefficient (Wildman–Crippen LogP) is 7.09. The summed E-state index contributed by atoms with van der Waals surface area (Å²) in [6.45, 7) is 3.13. The minimum atomic E-state index is -3.97. The molecule has 0 aliphatic heterocycles. The molecule has 2 aliphatic rings. The van der Waals surface area contributed by atoms with Gasteiger partial charge < -0.3 is 48.6 Å². The number of imidazole rings is 2. The number of esters is 2. The second-order valence-electron chi connectivity index (χ2n) is 16.2. The SMILES string of the molecule is COC(=O)[C@H](C)NP(=O)(OC[C@@H]1C=C[C@H](n2cnc3c(OC)nc(N)nc32)C1)Oc1ccc(Cl)cc1.COC(=O)[C@H](C)NP(=O)(OC[C@@H]1C=C[C@H](n2cnc3c(OC)nc(N)nc32)C1)Oc1ccc(Cl)cc1. The van der Waals surface area contributed by atoms with Crippen molar-refractivity contribution >= 4 is 84.9 Å². The molecular formula is C44H52Cl2N12O12P2. The lowest BCUT2D eigenvalue weighted by molar-refractivity contribution is -0.143. The number of ether oxygens (including phenoxy) is 4. The Bertz CT molecular complexity index is 2830. The molecule has 2 aromatic carbocycles. The van der Waals surface area contributed by atoms with Crippen molar-refractivity contribution in [2.75, 3.05) is 53.1 Å². The fourth-order valence-electron chi connectivity index (χ4n) is 7.52. The molecule has 2 unspecified atom stereocenters. The number of hydrogen-bond donors (Lipinski definition) is 4. The van der Waals surface area contributed by atoms with Gasteiger partial charge in [0.25, 0.3) is 0 Å². The van der Waals surface area contributed by atoms with Gasteiger partial charge in [-0.25, -0.2) is 19.1 Å². The first-order valence-corrected chi connectivity index (χ1v) is 25.8. The van der Waals surface area contributed by atoms with Crippen LogP contribution in [-0.4, -0.2) is 105 Å². The molecule has 0 fully saturated rings. The third-order valence-corrected chi connectivity index (χ3v) is 14.8. The molecule has 6 N–H and O–H groups in total. The molecule has 0 saturated heterocycles. The van der Waals surface area contributed by atoms with Crippen LogP contribution in [0, 0.1) is 11.8 Å². The van der Waals surface area contributed by atoms with E-state index in [0.29, 0.717) is 57.0 Å². The Morgan fingerprint density at radius 1 is 0.639 bits per heavy atom. The second-order valence-corrected chi connectivity index (χ2v) is 20.4. The lowest BCUT2D eigenvalue weighted by Gasteiger charge is -2.24. The first-order chi connectivity index (χ1) is 34.4. The zero-order valence-electron chi connectivity index (χ0n) is 39.7. The number of fused-ring (bicyclic) bond motifs is 2. The van der Waals surface area contributed by atoms with Crippen molar-refractivity contribution in [2.24, 2.45) is 11.8 Å². The van der Waals surface area contributed by atoms with E-state index in [4.69, 9.17) is 71.7 Å². The van der Waals surface area contributed by atoms with Gasteiger partial charge in [0, 0.05) is 21.9 Å². The standard InChI is InChI=1S/2C22H26ClN6O6P/c2*1-13(21(30)33-3)28-36(31,35-17-8-5-15(23)6-9-17)34-11-14-4-7-16(10-14)29-12-25-18-19(29)26-22(24)27-20(18)32-2/h2*4-9,12-14,16H,10-11H2,1-3H3,(H,28,31)(H2,24,26,27)/t2*13-,14+,16-,36?/m00/s1. The molecule has 0 radical (unpaired) electrons. The maximum atomic E-state index is 13.6. The van der Waals surface area contributed by atoms with Gasteiger partial charge in [-0.15, -0.1) is 0 Å². The van der Waals surface area contributed by atoms with Crippen LogP contribution in [-0.2, 0) is 37.2 Å². The van der Waals surface area contributed by atoms with E-state index in [1.165, 1.54) is 42.3 Å². The quantitative estimate of drug-likeness (QED) is 0.0337. The maximum absolute atomic E-state index is 13.6. The van der Waals surface area contributed by atoms with Crippen LogP contribution in [0.3, 0.4) is 0 Å². The van der Waals surface area contributed by atoms with Crippen LogP contribution in [0.2, 0.25) is 10.0 Å². The first-order valence-electron chi connectivity index (χ1n) is 22.0. The topological polar surface area (TPSA) is 305 Å². The lowest BCUT2D eigenvalue weighted by atomic mass is 10.1. The molecule has 4 aromatic heterocycles. The largest absolute Gasteiger partial charge is 0.479 e. The van der Waals surface area contributed by atoms with Crippen LogP contribution >= 0.6 is 38.7 Å². The van der Waals surface area contributed by atoms with Crippen LogP contribution in [0.1, 0.15) is 38.8 Å². The number of rotatable bonds is 20. The van der Waals surface area contributed by atoms with Crippen molar-refractivity contribution in [3.63, 3.8) is 0 Å². The minimum absolute atomic E-state index is 0.0613. The number of allylic oxidation sites excluding steroid dienone is 2. The molecule has 72 heavy (non-hydrogen) atoms. The highest BCUT2D eigenvalue weighted by molar-refractivity contribution is 7.52. The van der Waals surface area contributed by atoms with Gasteiger partial charge in [0.05, 0.1) is 66.4 Å². The van der Waals surface area contributed by atoms with E-state index in [-0.39, 0.29) is 60.5 Å². The number of halogens is 2. The molecule has 2 aliphatic carbocycles. The molecule has 0 saturated carbocycles. The van der Waals surface area contributed by atoms with Crippen molar-refractivity contribution in [3.05, 3.63) is 95.5 Å². The molecule has 28 heteroatoms. The number of nitrogens with zero attached hydrogens (tertiary/aromatic N) is 8. The van der Waals surface area contributed by atoms with E-state index in [0.717, 1.165) is 0 Å². The average Bonchev–Trinajstić information content (AvgIpc) is 4.20. The molecular weight excluding hydrogens is 1020 g/mol. The van der Waals surface area contributed by atoms with Crippen molar-refractivity contribution in [2.45, 2.75) is 50.9 Å². The molecule has 0 spiro atoms. The number of anilines is 2. The molecule has 8 rings (SSSR count). The van der Waals surface area contributed by atoms with Crippen LogP contribution < -0.4 is 40.2 Å². The molecule has 0 amide bonds. The van der Waals surface area contributed by atoms with Gasteiger partial charge in [-0.05, 0) is 75.2 Å². The highest BCUT2D eigenvalue weighted by Gasteiger charge is 2.36. The smallest absolute Gasteiger partial charge is 0.459 e. The van der Waals surface area contributed by atoms with Crippen molar-refractivity contribution in [1.29, 1.82) is 0 Å². The van der Waals surface area contributed by atoms with E-state index < -0.39 is 39.5 Å². The summed E-state index contributed by atoms with van der Waals surface area (Å²) < 4.78 is 73.6.